The molecule has 0 aliphatic carbocycles. The van der Waals surface area contributed by atoms with Crippen LogP contribution in [-0.4, -0.2) is 50.3 Å². The minimum atomic E-state index is -1.74. The summed E-state index contributed by atoms with van der Waals surface area (Å²) in [6.07, 6.45) is 2.09. The molecule has 0 aromatic heterocycles. The number of halogens is 1. The summed E-state index contributed by atoms with van der Waals surface area (Å²) < 4.78 is 18.5. The van der Waals surface area contributed by atoms with E-state index in [9.17, 15) is 4.79 Å². The minimum absolute atomic E-state index is 0.0869. The van der Waals surface area contributed by atoms with Crippen LogP contribution in [0.2, 0.25) is 19.6 Å². The van der Waals surface area contributed by atoms with Gasteiger partial charge in [0.1, 0.15) is 17.5 Å². The van der Waals surface area contributed by atoms with Gasteiger partial charge >= 0.3 is 6.09 Å². The molecule has 1 unspecified atom stereocenters. The molecule has 1 atom stereocenters. The first kappa shape index (κ1) is 23.7. The molecule has 0 bridgehead atoms. The van der Waals surface area contributed by atoms with E-state index in [1.54, 1.807) is 11.1 Å². The number of likely N-dealkylation sites (tertiary alicyclic amines) is 1. The van der Waals surface area contributed by atoms with Gasteiger partial charge < -0.3 is 18.8 Å². The van der Waals surface area contributed by atoms with E-state index in [0.717, 1.165) is 21.3 Å². The summed E-state index contributed by atoms with van der Waals surface area (Å²) in [6.45, 7) is 16.9. The number of aliphatic imine (C=N–C) groups is 1. The zero-order chi connectivity index (χ0) is 21.8. The molecule has 0 spiro atoms. The van der Waals surface area contributed by atoms with E-state index in [1.165, 1.54) is 0 Å². The lowest BCUT2D eigenvalue weighted by atomic mass is 10.2. The topological polar surface area (TPSA) is 60.4 Å². The molecule has 6 nitrogen and oxygen atoms in total. The standard InChI is InChI=1S/C21H31IN2O4Si/c1-15(28-29(5,6)7)23-13-16-12-17(22)8-9-19(16)26-18-10-11-24(14-18)20(25)27-21(2,3)4/h8-9,12-13,18H,1,10-11,14H2,2-7H3/b23-13+. The Labute approximate surface area is 188 Å². The summed E-state index contributed by atoms with van der Waals surface area (Å²) in [5.74, 6) is 1.14. The van der Waals surface area contributed by atoms with Crippen molar-refractivity contribution in [2.75, 3.05) is 13.1 Å². The lowest BCUT2D eigenvalue weighted by molar-refractivity contribution is 0.0275. The fourth-order valence-electron chi connectivity index (χ4n) is 2.75. The van der Waals surface area contributed by atoms with Crippen LogP contribution in [0.3, 0.4) is 0 Å². The maximum atomic E-state index is 12.3. The van der Waals surface area contributed by atoms with Crippen LogP contribution in [0.15, 0.2) is 35.7 Å². The summed E-state index contributed by atoms with van der Waals surface area (Å²) in [4.78, 5) is 18.3. The van der Waals surface area contributed by atoms with Crippen molar-refractivity contribution in [2.45, 2.75) is 58.5 Å². The Morgan fingerprint density at radius 1 is 1.34 bits per heavy atom. The van der Waals surface area contributed by atoms with E-state index in [0.29, 0.717) is 19.0 Å². The van der Waals surface area contributed by atoms with Crippen LogP contribution in [0.25, 0.3) is 0 Å². The Bertz CT molecular complexity index is 784. The second-order valence-electron chi connectivity index (χ2n) is 9.00. The van der Waals surface area contributed by atoms with Gasteiger partial charge in [-0.1, -0.05) is 0 Å². The van der Waals surface area contributed by atoms with Crippen molar-refractivity contribution in [1.29, 1.82) is 0 Å². The van der Waals surface area contributed by atoms with Crippen molar-refractivity contribution in [3.63, 3.8) is 0 Å². The molecule has 1 aliphatic heterocycles. The molecule has 1 heterocycles. The molecule has 29 heavy (non-hydrogen) atoms. The maximum absolute atomic E-state index is 12.3. The van der Waals surface area contributed by atoms with Gasteiger partial charge in [-0.25, -0.2) is 9.79 Å². The van der Waals surface area contributed by atoms with Crippen LogP contribution in [0, 0.1) is 3.57 Å². The molecule has 1 aromatic carbocycles. The SMILES string of the molecule is C=C(/N=C/c1cc(I)ccc1OC1CCN(C(=O)OC(C)(C)C)C1)O[Si](C)(C)C. The highest BCUT2D eigenvalue weighted by Crippen LogP contribution is 2.25. The summed E-state index contributed by atoms with van der Waals surface area (Å²) in [7, 11) is -1.74. The van der Waals surface area contributed by atoms with Crippen LogP contribution in [0.4, 0.5) is 4.79 Å². The predicted molar refractivity (Wildman–Crippen MR) is 127 cm³/mol. The smallest absolute Gasteiger partial charge is 0.410 e. The molecule has 160 valence electrons. The highest BCUT2D eigenvalue weighted by atomic mass is 127. The summed E-state index contributed by atoms with van der Waals surface area (Å²) in [5, 5.41) is 0. The average molecular weight is 530 g/mol. The first-order valence-electron chi connectivity index (χ1n) is 9.68. The van der Waals surface area contributed by atoms with Crippen LogP contribution < -0.4 is 4.74 Å². The first-order valence-corrected chi connectivity index (χ1v) is 14.2. The molecule has 2 rings (SSSR count). The molecule has 0 radical (unpaired) electrons. The third kappa shape index (κ3) is 8.37. The van der Waals surface area contributed by atoms with Crippen molar-refractivity contribution in [2.24, 2.45) is 4.99 Å². The molecule has 1 aromatic rings. The fraction of sp³-hybridized carbons (Fsp3) is 0.524. The summed E-state index contributed by atoms with van der Waals surface area (Å²) >= 11 is 2.26. The Morgan fingerprint density at radius 2 is 2.03 bits per heavy atom. The zero-order valence-corrected chi connectivity index (χ0v) is 21.3. The maximum Gasteiger partial charge on any atom is 0.410 e. The first-order chi connectivity index (χ1) is 13.3. The van der Waals surface area contributed by atoms with Gasteiger partial charge in [-0.05, 0) is 87.8 Å². The zero-order valence-electron chi connectivity index (χ0n) is 18.1. The lowest BCUT2D eigenvalue weighted by Gasteiger charge is -2.24. The van der Waals surface area contributed by atoms with E-state index in [4.69, 9.17) is 13.9 Å². The highest BCUT2D eigenvalue weighted by molar-refractivity contribution is 14.1. The van der Waals surface area contributed by atoms with E-state index in [-0.39, 0.29) is 12.2 Å². The molecule has 0 N–H and O–H groups in total. The third-order valence-electron chi connectivity index (χ3n) is 3.83. The Kier molecular flexibility index (Phi) is 7.78. The fourth-order valence-corrected chi connectivity index (χ4v) is 4.02. The quantitative estimate of drug-likeness (QED) is 0.213. The number of benzene rings is 1. The van der Waals surface area contributed by atoms with E-state index in [1.807, 2.05) is 39.0 Å². The van der Waals surface area contributed by atoms with Gasteiger partial charge in [0.25, 0.3) is 0 Å². The Morgan fingerprint density at radius 3 is 2.66 bits per heavy atom. The minimum Gasteiger partial charge on any atom is -0.532 e. The summed E-state index contributed by atoms with van der Waals surface area (Å²) in [5.41, 5.74) is 0.351. The van der Waals surface area contributed by atoms with Crippen molar-refractivity contribution in [3.05, 3.63) is 39.8 Å². The largest absolute Gasteiger partial charge is 0.532 e. The van der Waals surface area contributed by atoms with Crippen LogP contribution in [-0.2, 0) is 9.16 Å². The number of ether oxygens (including phenoxy) is 2. The van der Waals surface area contributed by atoms with Crippen molar-refractivity contribution >= 4 is 43.2 Å². The summed E-state index contributed by atoms with van der Waals surface area (Å²) in [6, 6.07) is 5.92. The van der Waals surface area contributed by atoms with Gasteiger partial charge in [0, 0.05) is 28.3 Å². The number of rotatable bonds is 6. The van der Waals surface area contributed by atoms with Gasteiger partial charge in [0.15, 0.2) is 5.88 Å². The van der Waals surface area contributed by atoms with E-state index < -0.39 is 13.9 Å². The molecular formula is C21H31IN2O4Si. The second kappa shape index (κ2) is 9.50. The van der Waals surface area contributed by atoms with Crippen LogP contribution in [0.5, 0.6) is 5.75 Å². The monoisotopic (exact) mass is 530 g/mol. The number of nitrogens with zero attached hydrogens (tertiary/aromatic N) is 2. The highest BCUT2D eigenvalue weighted by Gasteiger charge is 2.31. The van der Waals surface area contributed by atoms with E-state index in [2.05, 4.69) is 53.8 Å². The molecule has 1 fully saturated rings. The molecule has 1 amide bonds. The molecule has 1 saturated heterocycles. The van der Waals surface area contributed by atoms with Gasteiger partial charge in [0.05, 0.1) is 6.54 Å². The number of hydrogen-bond donors (Lipinski definition) is 0. The van der Waals surface area contributed by atoms with Gasteiger partial charge in [-0.2, -0.15) is 0 Å². The van der Waals surface area contributed by atoms with Crippen molar-refractivity contribution < 1.29 is 18.7 Å². The number of carbonyl (C=O) groups is 1. The van der Waals surface area contributed by atoms with Gasteiger partial charge in [-0.3, -0.25) is 0 Å². The van der Waals surface area contributed by atoms with Crippen LogP contribution in [0.1, 0.15) is 32.8 Å². The Hall–Kier alpha value is -1.55. The molecule has 1 aliphatic rings. The molecule has 8 heteroatoms. The van der Waals surface area contributed by atoms with Gasteiger partial charge in [0.2, 0.25) is 8.32 Å². The normalized spacial score (nSPS) is 17.5. The number of hydrogen-bond acceptors (Lipinski definition) is 5. The Balaban J connectivity index is 2.05. The second-order valence-corrected chi connectivity index (χ2v) is 14.7. The average Bonchev–Trinajstić information content (AvgIpc) is 3.00. The van der Waals surface area contributed by atoms with E-state index >= 15 is 0 Å². The number of amides is 1. The van der Waals surface area contributed by atoms with Crippen molar-refractivity contribution in [3.8, 4) is 5.75 Å². The van der Waals surface area contributed by atoms with Crippen molar-refractivity contribution in [1.82, 2.24) is 4.90 Å². The number of carbonyl (C=O) groups excluding carboxylic acids is 1. The van der Waals surface area contributed by atoms with Crippen LogP contribution >= 0.6 is 22.6 Å². The third-order valence-corrected chi connectivity index (χ3v) is 5.35. The predicted octanol–water partition coefficient (Wildman–Crippen LogP) is 5.42. The molecule has 0 saturated carbocycles. The molecular weight excluding hydrogens is 499 g/mol. The van der Waals surface area contributed by atoms with Gasteiger partial charge in [-0.15, -0.1) is 0 Å². The lowest BCUT2D eigenvalue weighted by Crippen LogP contribution is -2.36.